The number of nitrogens with zero attached hydrogens (tertiary/aromatic N) is 1. The molecule has 0 bridgehead atoms. The van der Waals surface area contributed by atoms with Crippen molar-refractivity contribution in [2.75, 3.05) is 0 Å². The van der Waals surface area contributed by atoms with Gasteiger partial charge < -0.3 is 4.98 Å². The molecule has 0 aliphatic heterocycles. The van der Waals surface area contributed by atoms with Crippen LogP contribution in [0.2, 0.25) is 0 Å². The molecule has 1 heterocycles. The quantitative estimate of drug-likeness (QED) is 0.857. The molecule has 0 spiro atoms. The predicted octanol–water partition coefficient (Wildman–Crippen LogP) is 2.57. The molecule has 0 aliphatic rings. The Balaban J connectivity index is 2.57. The van der Waals surface area contributed by atoms with Gasteiger partial charge in [-0.1, -0.05) is 25.5 Å². The molecule has 0 unspecified atom stereocenters. The van der Waals surface area contributed by atoms with Crippen LogP contribution in [0.5, 0.6) is 0 Å². The summed E-state index contributed by atoms with van der Waals surface area (Å²) in [6, 6.07) is 5.71. The minimum Gasteiger partial charge on any atom is -0.343 e. The van der Waals surface area contributed by atoms with Crippen molar-refractivity contribution in [3.05, 3.63) is 39.9 Å². The third-order valence-electron chi connectivity index (χ3n) is 2.78. The zero-order valence-corrected chi connectivity index (χ0v) is 9.71. The molecule has 1 aromatic heterocycles. The lowest BCUT2D eigenvalue weighted by molar-refractivity contribution is 0.753. The van der Waals surface area contributed by atoms with E-state index in [1.165, 1.54) is 0 Å². The smallest absolute Gasteiger partial charge is 0.280 e. The molecule has 0 amide bonds. The van der Waals surface area contributed by atoms with E-state index in [-0.39, 0.29) is 5.56 Å². The number of hydrogen-bond donors (Lipinski definition) is 1. The Kier molecular flexibility index (Phi) is 3.04. The van der Waals surface area contributed by atoms with E-state index in [4.69, 9.17) is 0 Å². The number of nitrogens with one attached hydrogen (secondary N) is 1. The molecular weight excluding hydrogens is 200 g/mol. The Morgan fingerprint density at radius 3 is 2.94 bits per heavy atom. The highest BCUT2D eigenvalue weighted by atomic mass is 16.1. The molecule has 84 valence electrons. The van der Waals surface area contributed by atoms with Crippen molar-refractivity contribution < 1.29 is 0 Å². The maximum absolute atomic E-state index is 11.8. The van der Waals surface area contributed by atoms with E-state index >= 15 is 0 Å². The largest absolute Gasteiger partial charge is 0.343 e. The molecule has 3 nitrogen and oxygen atoms in total. The first-order valence-electron chi connectivity index (χ1n) is 5.71. The first-order chi connectivity index (χ1) is 7.72. The summed E-state index contributed by atoms with van der Waals surface area (Å²) in [5, 5.41) is 0.681. The molecule has 0 atom stereocenters. The monoisotopic (exact) mass is 216 g/mol. The fourth-order valence-electron chi connectivity index (χ4n) is 1.83. The van der Waals surface area contributed by atoms with Gasteiger partial charge in [0.1, 0.15) is 5.82 Å². The number of aromatic nitrogens is 2. The highest BCUT2D eigenvalue weighted by Gasteiger charge is 2.04. The van der Waals surface area contributed by atoms with E-state index in [1.807, 2.05) is 25.1 Å². The lowest BCUT2D eigenvalue weighted by Crippen LogP contribution is -2.12. The Morgan fingerprint density at radius 2 is 2.19 bits per heavy atom. The lowest BCUT2D eigenvalue weighted by atomic mass is 10.1. The molecule has 3 heteroatoms. The van der Waals surface area contributed by atoms with Crippen LogP contribution in [0.1, 0.15) is 31.2 Å². The first kappa shape index (κ1) is 10.9. The molecule has 1 N–H and O–H groups in total. The van der Waals surface area contributed by atoms with Crippen molar-refractivity contribution in [1.29, 1.82) is 0 Å². The van der Waals surface area contributed by atoms with Crippen LogP contribution in [0, 0.1) is 6.92 Å². The maximum Gasteiger partial charge on any atom is 0.280 e. The molecule has 0 saturated heterocycles. The second kappa shape index (κ2) is 4.47. The first-order valence-corrected chi connectivity index (χ1v) is 5.71. The summed E-state index contributed by atoms with van der Waals surface area (Å²) < 4.78 is 0. The van der Waals surface area contributed by atoms with Gasteiger partial charge in [0.15, 0.2) is 0 Å². The molecule has 0 saturated carbocycles. The van der Waals surface area contributed by atoms with Crippen molar-refractivity contribution in [1.82, 2.24) is 9.97 Å². The molecule has 1 aromatic carbocycles. The summed E-state index contributed by atoms with van der Waals surface area (Å²) in [7, 11) is 0. The van der Waals surface area contributed by atoms with Crippen molar-refractivity contribution >= 4 is 10.9 Å². The predicted molar refractivity (Wildman–Crippen MR) is 65.7 cm³/mol. The number of aromatic amines is 1. The summed E-state index contributed by atoms with van der Waals surface area (Å²) in [5.41, 5.74) is 1.90. The van der Waals surface area contributed by atoms with Gasteiger partial charge in [-0.3, -0.25) is 4.79 Å². The molecule has 2 aromatic rings. The Labute approximate surface area is 94.5 Å². The van der Waals surface area contributed by atoms with E-state index < -0.39 is 0 Å². The van der Waals surface area contributed by atoms with E-state index in [1.54, 1.807) is 0 Å². The van der Waals surface area contributed by atoms with E-state index in [2.05, 4.69) is 16.9 Å². The van der Waals surface area contributed by atoms with Crippen molar-refractivity contribution in [3.63, 3.8) is 0 Å². The average Bonchev–Trinajstić information content (AvgIpc) is 2.28. The molecule has 0 radical (unpaired) electrons. The highest BCUT2D eigenvalue weighted by molar-refractivity contribution is 5.80. The fraction of sp³-hybridized carbons (Fsp3) is 0.385. The fourth-order valence-corrected chi connectivity index (χ4v) is 1.83. The van der Waals surface area contributed by atoms with Gasteiger partial charge >= 0.3 is 0 Å². The Bertz CT molecular complexity index is 557. The minimum atomic E-state index is -0.122. The van der Waals surface area contributed by atoms with Crippen LogP contribution >= 0.6 is 0 Å². The minimum absolute atomic E-state index is 0.122. The molecule has 16 heavy (non-hydrogen) atoms. The van der Waals surface area contributed by atoms with Crippen molar-refractivity contribution in [2.24, 2.45) is 0 Å². The van der Waals surface area contributed by atoms with Gasteiger partial charge in [0.25, 0.3) is 5.56 Å². The number of unbranched alkanes of at least 4 members (excludes halogenated alkanes) is 1. The van der Waals surface area contributed by atoms with Crippen LogP contribution in [0.3, 0.4) is 0 Å². The van der Waals surface area contributed by atoms with Crippen LogP contribution in [0.4, 0.5) is 0 Å². The van der Waals surface area contributed by atoms with Gasteiger partial charge in [0.2, 0.25) is 0 Å². The number of aryl methyl sites for hydroxylation is 2. The van der Waals surface area contributed by atoms with E-state index in [9.17, 15) is 4.79 Å². The zero-order chi connectivity index (χ0) is 11.5. The van der Waals surface area contributed by atoms with Gasteiger partial charge in [-0.25, -0.2) is 0 Å². The molecule has 2 rings (SSSR count). The third kappa shape index (κ3) is 1.98. The van der Waals surface area contributed by atoms with Gasteiger partial charge in [-0.05, 0) is 25.0 Å². The third-order valence-corrected chi connectivity index (χ3v) is 2.78. The number of fused-ring (bicyclic) bond motifs is 1. The maximum atomic E-state index is 11.8. The van der Waals surface area contributed by atoms with Crippen molar-refractivity contribution in [2.45, 2.75) is 33.1 Å². The number of benzene rings is 1. The summed E-state index contributed by atoms with van der Waals surface area (Å²) in [6.07, 6.45) is 3.01. The van der Waals surface area contributed by atoms with Crippen LogP contribution in [-0.4, -0.2) is 9.97 Å². The van der Waals surface area contributed by atoms with Gasteiger partial charge in [-0.2, -0.15) is 4.98 Å². The SMILES string of the molecule is CCCCc1nc(=O)c2cccc(C)c2[nH]1. The van der Waals surface area contributed by atoms with Gasteiger partial charge in [0, 0.05) is 6.42 Å². The van der Waals surface area contributed by atoms with E-state index in [0.717, 1.165) is 36.2 Å². The molecule has 0 fully saturated rings. The second-order valence-electron chi connectivity index (χ2n) is 4.09. The second-order valence-corrected chi connectivity index (χ2v) is 4.09. The van der Waals surface area contributed by atoms with E-state index in [0.29, 0.717) is 5.39 Å². The number of rotatable bonds is 3. The van der Waals surface area contributed by atoms with Crippen LogP contribution in [0.25, 0.3) is 10.9 Å². The summed E-state index contributed by atoms with van der Waals surface area (Å²) in [4.78, 5) is 19.1. The Hall–Kier alpha value is -1.64. The standard InChI is InChI=1S/C13H16N2O/c1-3-4-8-11-14-12-9(2)6-5-7-10(12)13(16)15-11/h5-7H,3-4,8H2,1-2H3,(H,14,15,16). The van der Waals surface area contributed by atoms with Gasteiger partial charge in [-0.15, -0.1) is 0 Å². The highest BCUT2D eigenvalue weighted by Crippen LogP contribution is 2.12. The normalized spacial score (nSPS) is 10.9. The summed E-state index contributed by atoms with van der Waals surface area (Å²) in [6.45, 7) is 4.13. The average molecular weight is 216 g/mol. The molecule has 0 aliphatic carbocycles. The topological polar surface area (TPSA) is 45.8 Å². The van der Waals surface area contributed by atoms with Crippen LogP contribution < -0.4 is 5.56 Å². The summed E-state index contributed by atoms with van der Waals surface area (Å²) in [5.74, 6) is 0.800. The lowest BCUT2D eigenvalue weighted by Gasteiger charge is -2.04. The number of hydrogen-bond acceptors (Lipinski definition) is 2. The van der Waals surface area contributed by atoms with Crippen LogP contribution in [-0.2, 0) is 6.42 Å². The molecular formula is C13H16N2O. The van der Waals surface area contributed by atoms with Gasteiger partial charge in [0.05, 0.1) is 10.9 Å². The van der Waals surface area contributed by atoms with Crippen LogP contribution in [0.15, 0.2) is 23.0 Å². The number of H-pyrrole nitrogens is 1. The number of para-hydroxylation sites is 1. The summed E-state index contributed by atoms with van der Waals surface area (Å²) >= 11 is 0. The Morgan fingerprint density at radius 1 is 1.38 bits per heavy atom. The zero-order valence-electron chi connectivity index (χ0n) is 9.71. The van der Waals surface area contributed by atoms with Crippen molar-refractivity contribution in [3.8, 4) is 0 Å².